The largest absolute Gasteiger partial charge is 2.00 e. The van der Waals surface area contributed by atoms with E-state index < -0.39 is 5.60 Å². The average molecular weight is 259 g/mol. The summed E-state index contributed by atoms with van der Waals surface area (Å²) in [4.78, 5) is 0. The summed E-state index contributed by atoms with van der Waals surface area (Å²) in [5.74, 6) is 0.884. The van der Waals surface area contributed by atoms with Gasteiger partial charge in [0.05, 0.1) is 5.60 Å². The Morgan fingerprint density at radius 1 is 1.00 bits per heavy atom. The molecule has 2 aliphatic carbocycles. The van der Waals surface area contributed by atoms with Crippen LogP contribution in [0.15, 0.2) is 0 Å². The van der Waals surface area contributed by atoms with Crippen LogP contribution in [0.3, 0.4) is 0 Å². The van der Waals surface area contributed by atoms with Crippen LogP contribution in [0.2, 0.25) is 0 Å². The summed E-state index contributed by atoms with van der Waals surface area (Å²) in [5.41, 5.74) is 4.49. The van der Waals surface area contributed by atoms with Crippen molar-refractivity contribution in [1.82, 2.24) is 0 Å². The summed E-state index contributed by atoms with van der Waals surface area (Å²) in [7, 11) is 0. The van der Waals surface area contributed by atoms with E-state index in [4.69, 9.17) is 5.73 Å². The maximum atomic E-state index is 9.56. The number of rotatable bonds is 2. The second-order valence-corrected chi connectivity index (χ2v) is 3.61. The molecule has 0 saturated heterocycles. The van der Waals surface area contributed by atoms with Gasteiger partial charge in [-0.05, 0) is 64.7 Å². The van der Waals surface area contributed by atoms with E-state index in [1.807, 2.05) is 57.8 Å². The van der Waals surface area contributed by atoms with Crippen LogP contribution in [-0.4, -0.2) is 17.3 Å². The maximum Gasteiger partial charge on any atom is 2.00 e. The van der Waals surface area contributed by atoms with Gasteiger partial charge in [-0.3, -0.25) is 0 Å². The third-order valence-corrected chi connectivity index (χ3v) is 2.24. The zero-order chi connectivity index (χ0) is 11.1. The van der Waals surface area contributed by atoms with Crippen molar-refractivity contribution in [3.05, 3.63) is 63.7 Å². The summed E-state index contributed by atoms with van der Waals surface area (Å²) in [6.07, 6.45) is 17.5. The molecule has 0 aliphatic heterocycles. The van der Waals surface area contributed by atoms with Crippen molar-refractivity contribution in [3.8, 4) is 0 Å². The van der Waals surface area contributed by atoms with Crippen LogP contribution in [0.1, 0.15) is 6.92 Å². The molecule has 0 aromatic rings. The molecule has 2 fully saturated rings. The first kappa shape index (κ1) is 16.4. The average Bonchev–Trinajstić information content (AvgIpc) is 2.93. The Morgan fingerprint density at radius 2 is 1.38 bits per heavy atom. The third kappa shape index (κ3) is 5.67. The molecule has 1 unspecified atom stereocenters. The second-order valence-electron chi connectivity index (χ2n) is 3.61. The summed E-state index contributed by atoms with van der Waals surface area (Å²) in [6, 6.07) is 0. The molecule has 0 bridgehead atoms. The van der Waals surface area contributed by atoms with Crippen LogP contribution in [0, 0.1) is 63.7 Å². The Labute approximate surface area is 111 Å². The Morgan fingerprint density at radius 3 is 1.69 bits per heavy atom. The number of hydrogen-bond donors (Lipinski definition) is 2. The summed E-state index contributed by atoms with van der Waals surface area (Å²) >= 11 is 0. The standard InChI is InChI=1S/C8H12NO.C5H5.Fe/c1-8(10,6-9)7-4-2-3-5-7;1-2-4-5-3-1;/h2-5,10H,6,9H2,1H3;1-5H;/q;;+2. The SMILES string of the molecule is CC(O)(CN)[C]1[CH][CH][CH][CH]1.[CH]1[CH][CH][CH][CH]1.[Fe+2]. The second kappa shape index (κ2) is 8.52. The molecule has 0 heterocycles. The molecule has 1 atom stereocenters. The minimum Gasteiger partial charge on any atom is -0.388 e. The molecule has 0 spiro atoms. The number of aliphatic hydroxyl groups is 1. The van der Waals surface area contributed by atoms with E-state index in [-0.39, 0.29) is 23.6 Å². The molecule has 3 N–H and O–H groups in total. The molecule has 2 nitrogen and oxygen atoms in total. The molecule has 2 saturated carbocycles. The van der Waals surface area contributed by atoms with Gasteiger partial charge in [0.15, 0.2) is 0 Å². The molecule has 0 aromatic heterocycles. The van der Waals surface area contributed by atoms with E-state index in [0.717, 1.165) is 5.92 Å². The van der Waals surface area contributed by atoms with Crippen LogP contribution >= 0.6 is 0 Å². The molecular formula is C13H17FeNO+2. The van der Waals surface area contributed by atoms with Crippen LogP contribution in [0.4, 0.5) is 0 Å². The molecule has 2 aliphatic rings. The summed E-state index contributed by atoms with van der Waals surface area (Å²) in [5, 5.41) is 9.56. The van der Waals surface area contributed by atoms with Gasteiger partial charge in [0.25, 0.3) is 0 Å². The maximum absolute atomic E-state index is 9.56. The van der Waals surface area contributed by atoms with Crippen molar-refractivity contribution in [3.63, 3.8) is 0 Å². The first-order chi connectivity index (χ1) is 7.17. The van der Waals surface area contributed by atoms with Gasteiger partial charge in [-0.15, -0.1) is 0 Å². The molecule has 86 valence electrons. The van der Waals surface area contributed by atoms with Crippen LogP contribution in [0.25, 0.3) is 0 Å². The van der Waals surface area contributed by atoms with Crippen molar-refractivity contribution >= 4 is 0 Å². The molecule has 16 heavy (non-hydrogen) atoms. The van der Waals surface area contributed by atoms with E-state index in [2.05, 4.69) is 0 Å². The molecule has 10 radical (unpaired) electrons. The zero-order valence-electron chi connectivity index (χ0n) is 9.28. The minimum absolute atomic E-state index is 0. The zero-order valence-corrected chi connectivity index (χ0v) is 10.4. The molecule has 3 heteroatoms. The van der Waals surface area contributed by atoms with Crippen molar-refractivity contribution in [2.75, 3.05) is 6.54 Å². The van der Waals surface area contributed by atoms with Gasteiger partial charge < -0.3 is 10.8 Å². The number of nitrogens with two attached hydrogens (primary N) is 1. The van der Waals surface area contributed by atoms with E-state index >= 15 is 0 Å². The van der Waals surface area contributed by atoms with Crippen molar-refractivity contribution in [2.24, 2.45) is 5.73 Å². The van der Waals surface area contributed by atoms with Gasteiger partial charge in [0.2, 0.25) is 0 Å². The monoisotopic (exact) mass is 259 g/mol. The van der Waals surface area contributed by atoms with Crippen molar-refractivity contribution in [2.45, 2.75) is 12.5 Å². The topological polar surface area (TPSA) is 46.2 Å². The van der Waals surface area contributed by atoms with Gasteiger partial charge in [0, 0.05) is 12.5 Å². The molecule has 0 aromatic carbocycles. The van der Waals surface area contributed by atoms with Gasteiger partial charge in [-0.1, -0.05) is 0 Å². The Balaban J connectivity index is 0.000000318. The van der Waals surface area contributed by atoms with Crippen LogP contribution < -0.4 is 5.73 Å². The molecule has 2 rings (SSSR count). The van der Waals surface area contributed by atoms with E-state index in [9.17, 15) is 5.11 Å². The van der Waals surface area contributed by atoms with E-state index in [1.165, 1.54) is 0 Å². The predicted octanol–water partition coefficient (Wildman–Crippen LogP) is 1.12. The van der Waals surface area contributed by atoms with Crippen molar-refractivity contribution < 1.29 is 22.2 Å². The predicted molar refractivity (Wildman–Crippen MR) is 61.6 cm³/mol. The van der Waals surface area contributed by atoms with Gasteiger partial charge in [0.1, 0.15) is 0 Å². The van der Waals surface area contributed by atoms with E-state index in [0.29, 0.717) is 0 Å². The summed E-state index contributed by atoms with van der Waals surface area (Å²) in [6.45, 7) is 1.97. The first-order valence-corrected chi connectivity index (χ1v) is 4.98. The van der Waals surface area contributed by atoms with Gasteiger partial charge in [-0.2, -0.15) is 0 Å². The fourth-order valence-electron chi connectivity index (χ4n) is 1.17. The quantitative estimate of drug-likeness (QED) is 0.730. The van der Waals surface area contributed by atoms with Crippen LogP contribution in [-0.2, 0) is 17.1 Å². The molecular weight excluding hydrogens is 242 g/mol. The van der Waals surface area contributed by atoms with Gasteiger partial charge >= 0.3 is 17.1 Å². The van der Waals surface area contributed by atoms with E-state index in [1.54, 1.807) is 6.92 Å². The fourth-order valence-corrected chi connectivity index (χ4v) is 1.17. The normalized spacial score (nSPS) is 24.2. The smallest absolute Gasteiger partial charge is 0.388 e. The minimum atomic E-state index is -0.858. The Kier molecular flexibility index (Phi) is 8.75. The third-order valence-electron chi connectivity index (χ3n) is 2.24. The first-order valence-electron chi connectivity index (χ1n) is 4.98. The number of hydrogen-bond acceptors (Lipinski definition) is 2. The fraction of sp³-hybridized carbons (Fsp3) is 0.231. The van der Waals surface area contributed by atoms with Crippen molar-refractivity contribution in [1.29, 1.82) is 0 Å². The van der Waals surface area contributed by atoms with Crippen LogP contribution in [0.5, 0.6) is 0 Å². The Hall–Kier alpha value is 0.439. The molecule has 0 amide bonds. The van der Waals surface area contributed by atoms with Gasteiger partial charge in [-0.25, -0.2) is 0 Å². The Bertz CT molecular complexity index is 156. The summed E-state index contributed by atoms with van der Waals surface area (Å²) < 4.78 is 0.